The fourth-order valence-electron chi connectivity index (χ4n) is 3.69. The second-order valence-corrected chi connectivity index (χ2v) is 7.18. The van der Waals surface area contributed by atoms with Crippen molar-refractivity contribution in [1.29, 1.82) is 0 Å². The van der Waals surface area contributed by atoms with Crippen molar-refractivity contribution in [3.63, 3.8) is 0 Å². The van der Waals surface area contributed by atoms with Crippen LogP contribution in [0.15, 0.2) is 24.3 Å². The monoisotopic (exact) mass is 271 g/mol. The van der Waals surface area contributed by atoms with Gasteiger partial charge in [-0.15, -0.1) is 0 Å². The Morgan fingerprint density at radius 3 is 2.70 bits per heavy atom. The van der Waals surface area contributed by atoms with E-state index in [2.05, 4.69) is 50.1 Å². The van der Waals surface area contributed by atoms with Gasteiger partial charge in [-0.2, -0.15) is 0 Å². The maximum atomic E-state index is 4.70. The fraction of sp³-hybridized carbons (Fsp3) is 0.588. The molecule has 108 valence electrons. The average Bonchev–Trinajstić information content (AvgIpc) is 2.90. The highest BCUT2D eigenvalue weighted by atomic mass is 15.0. The third-order valence-electron chi connectivity index (χ3n) is 4.62. The Kier molecular flexibility index (Phi) is 3.33. The van der Waals surface area contributed by atoms with Crippen molar-refractivity contribution in [2.45, 2.75) is 52.6 Å². The minimum atomic E-state index is 0.267. The van der Waals surface area contributed by atoms with Crippen molar-refractivity contribution in [2.75, 3.05) is 0 Å². The highest BCUT2D eigenvalue weighted by Crippen LogP contribution is 2.41. The summed E-state index contributed by atoms with van der Waals surface area (Å²) in [4.78, 5) is 8.13. The van der Waals surface area contributed by atoms with Gasteiger partial charge < -0.3 is 10.3 Å². The van der Waals surface area contributed by atoms with Crippen molar-refractivity contribution < 1.29 is 0 Å². The van der Waals surface area contributed by atoms with Gasteiger partial charge in [0.15, 0.2) is 0 Å². The van der Waals surface area contributed by atoms with E-state index in [1.54, 1.807) is 0 Å². The van der Waals surface area contributed by atoms with Gasteiger partial charge in [-0.05, 0) is 43.2 Å². The summed E-state index contributed by atoms with van der Waals surface area (Å²) in [5.74, 6) is 1.78. The lowest BCUT2D eigenvalue weighted by molar-refractivity contribution is 0.354. The standard InChI is InChI=1S/C17H25N3/c1-11-9-17(3,4)10-15(11)18-12(2)16-19-13-7-5-6-8-14(13)20-16/h5-8,11-12,15,18H,9-10H2,1-4H3,(H,19,20). The molecule has 3 unspecified atom stereocenters. The molecule has 1 aliphatic rings. The number of fused-ring (bicyclic) bond motifs is 1. The molecule has 1 aromatic carbocycles. The SMILES string of the molecule is CC(NC1CC(C)(C)CC1C)c1nc2ccccc2[nH]1. The zero-order valence-corrected chi connectivity index (χ0v) is 12.9. The lowest BCUT2D eigenvalue weighted by Crippen LogP contribution is -2.34. The van der Waals surface area contributed by atoms with Crippen LogP contribution in [-0.2, 0) is 0 Å². The third-order valence-corrected chi connectivity index (χ3v) is 4.62. The number of nitrogens with zero attached hydrogens (tertiary/aromatic N) is 1. The summed E-state index contributed by atoms with van der Waals surface area (Å²) in [6.45, 7) is 9.31. The maximum absolute atomic E-state index is 4.70. The summed E-state index contributed by atoms with van der Waals surface area (Å²) in [5.41, 5.74) is 2.64. The first-order valence-corrected chi connectivity index (χ1v) is 7.65. The van der Waals surface area contributed by atoms with Crippen LogP contribution in [0.3, 0.4) is 0 Å². The molecule has 3 heteroatoms. The Labute approximate surface area is 121 Å². The highest BCUT2D eigenvalue weighted by molar-refractivity contribution is 5.74. The number of benzene rings is 1. The van der Waals surface area contributed by atoms with Gasteiger partial charge in [-0.3, -0.25) is 0 Å². The predicted molar refractivity (Wildman–Crippen MR) is 83.6 cm³/mol. The van der Waals surface area contributed by atoms with E-state index in [0.29, 0.717) is 11.5 Å². The zero-order chi connectivity index (χ0) is 14.3. The molecule has 3 rings (SSSR count). The predicted octanol–water partition coefficient (Wildman–Crippen LogP) is 4.04. The van der Waals surface area contributed by atoms with Gasteiger partial charge in [-0.1, -0.05) is 32.9 Å². The summed E-state index contributed by atoms with van der Waals surface area (Å²) < 4.78 is 0. The van der Waals surface area contributed by atoms with Gasteiger partial charge in [0, 0.05) is 6.04 Å². The molecule has 2 aromatic rings. The molecule has 0 bridgehead atoms. The molecule has 0 amide bonds. The number of hydrogen-bond acceptors (Lipinski definition) is 2. The van der Waals surface area contributed by atoms with Crippen LogP contribution in [0.25, 0.3) is 11.0 Å². The van der Waals surface area contributed by atoms with Crippen molar-refractivity contribution in [3.8, 4) is 0 Å². The van der Waals surface area contributed by atoms with Crippen LogP contribution in [0.1, 0.15) is 52.4 Å². The molecule has 1 heterocycles. The molecular formula is C17H25N3. The smallest absolute Gasteiger partial charge is 0.124 e. The molecule has 1 saturated carbocycles. The molecule has 1 aliphatic carbocycles. The molecule has 0 aliphatic heterocycles. The van der Waals surface area contributed by atoms with Crippen molar-refractivity contribution in [1.82, 2.24) is 15.3 Å². The number of H-pyrrole nitrogens is 1. The summed E-state index contributed by atoms with van der Waals surface area (Å²) in [7, 11) is 0. The van der Waals surface area contributed by atoms with E-state index < -0.39 is 0 Å². The molecule has 2 N–H and O–H groups in total. The highest BCUT2D eigenvalue weighted by Gasteiger charge is 2.37. The Hall–Kier alpha value is -1.35. The Bertz CT molecular complexity index is 566. The van der Waals surface area contributed by atoms with Crippen LogP contribution < -0.4 is 5.32 Å². The van der Waals surface area contributed by atoms with E-state index in [1.165, 1.54) is 12.8 Å². The lowest BCUT2D eigenvalue weighted by atomic mass is 9.91. The van der Waals surface area contributed by atoms with Crippen LogP contribution in [0, 0.1) is 11.3 Å². The quantitative estimate of drug-likeness (QED) is 0.884. The summed E-state index contributed by atoms with van der Waals surface area (Å²) >= 11 is 0. The van der Waals surface area contributed by atoms with Crippen LogP contribution in [0.2, 0.25) is 0 Å². The lowest BCUT2D eigenvalue weighted by Gasteiger charge is -2.22. The van der Waals surface area contributed by atoms with Crippen LogP contribution in [0.4, 0.5) is 0 Å². The van der Waals surface area contributed by atoms with E-state index in [4.69, 9.17) is 4.98 Å². The molecule has 1 aromatic heterocycles. The fourth-order valence-corrected chi connectivity index (χ4v) is 3.69. The maximum Gasteiger partial charge on any atom is 0.124 e. The molecule has 3 nitrogen and oxygen atoms in total. The van der Waals surface area contributed by atoms with Gasteiger partial charge in [0.05, 0.1) is 17.1 Å². The zero-order valence-electron chi connectivity index (χ0n) is 12.9. The number of para-hydroxylation sites is 2. The number of aromatic nitrogens is 2. The second kappa shape index (κ2) is 4.88. The first-order valence-electron chi connectivity index (χ1n) is 7.65. The Morgan fingerprint density at radius 1 is 1.30 bits per heavy atom. The largest absolute Gasteiger partial charge is 0.341 e. The molecule has 3 atom stereocenters. The van der Waals surface area contributed by atoms with Gasteiger partial charge in [0.2, 0.25) is 0 Å². The topological polar surface area (TPSA) is 40.7 Å². The number of imidazole rings is 1. The second-order valence-electron chi connectivity index (χ2n) is 7.18. The number of aromatic amines is 1. The van der Waals surface area contributed by atoms with Gasteiger partial charge in [-0.25, -0.2) is 4.98 Å². The minimum Gasteiger partial charge on any atom is -0.341 e. The van der Waals surface area contributed by atoms with E-state index in [-0.39, 0.29) is 6.04 Å². The summed E-state index contributed by atoms with van der Waals surface area (Å²) in [6.07, 6.45) is 2.55. The van der Waals surface area contributed by atoms with Crippen molar-refractivity contribution in [3.05, 3.63) is 30.1 Å². The van der Waals surface area contributed by atoms with Crippen LogP contribution in [0.5, 0.6) is 0 Å². The molecule has 0 radical (unpaired) electrons. The molecular weight excluding hydrogens is 246 g/mol. The van der Waals surface area contributed by atoms with Gasteiger partial charge in [0.1, 0.15) is 5.82 Å². The van der Waals surface area contributed by atoms with Gasteiger partial charge >= 0.3 is 0 Å². The van der Waals surface area contributed by atoms with E-state index in [0.717, 1.165) is 22.8 Å². The average molecular weight is 271 g/mol. The third kappa shape index (κ3) is 2.59. The van der Waals surface area contributed by atoms with Crippen molar-refractivity contribution in [2.24, 2.45) is 11.3 Å². The molecule has 0 saturated heterocycles. The first kappa shape index (κ1) is 13.6. The van der Waals surface area contributed by atoms with E-state index >= 15 is 0 Å². The van der Waals surface area contributed by atoms with Crippen LogP contribution in [-0.4, -0.2) is 16.0 Å². The van der Waals surface area contributed by atoms with Gasteiger partial charge in [0.25, 0.3) is 0 Å². The normalized spacial score (nSPS) is 27.0. The van der Waals surface area contributed by atoms with Crippen molar-refractivity contribution >= 4 is 11.0 Å². The summed E-state index contributed by atoms with van der Waals surface area (Å²) in [6, 6.07) is 9.08. The molecule has 0 spiro atoms. The Morgan fingerprint density at radius 2 is 2.05 bits per heavy atom. The number of hydrogen-bond donors (Lipinski definition) is 2. The first-order chi connectivity index (χ1) is 9.44. The molecule has 20 heavy (non-hydrogen) atoms. The van der Waals surface area contributed by atoms with E-state index in [1.807, 2.05) is 12.1 Å². The number of rotatable bonds is 3. The molecule has 1 fully saturated rings. The summed E-state index contributed by atoms with van der Waals surface area (Å²) in [5, 5.41) is 3.77. The van der Waals surface area contributed by atoms with E-state index in [9.17, 15) is 0 Å². The Balaban J connectivity index is 1.74. The minimum absolute atomic E-state index is 0.267. The number of nitrogens with one attached hydrogen (secondary N) is 2. The van der Waals surface area contributed by atoms with Crippen LogP contribution >= 0.6 is 0 Å².